The Morgan fingerprint density at radius 3 is 2.67 bits per heavy atom. The molecule has 2 aromatic rings. The predicted molar refractivity (Wildman–Crippen MR) is 83.2 cm³/mol. The van der Waals surface area contributed by atoms with Crippen molar-refractivity contribution in [3.63, 3.8) is 0 Å². The molecule has 0 aliphatic heterocycles. The van der Waals surface area contributed by atoms with E-state index in [1.165, 1.54) is 5.56 Å². The summed E-state index contributed by atoms with van der Waals surface area (Å²) in [6.45, 7) is 8.61. The Kier molecular flexibility index (Phi) is 5.81. The lowest BCUT2D eigenvalue weighted by molar-refractivity contribution is 0.248. The Morgan fingerprint density at radius 1 is 1.24 bits per heavy atom. The van der Waals surface area contributed by atoms with Gasteiger partial charge in [-0.25, -0.2) is 0 Å². The minimum absolute atomic E-state index is 0.405. The van der Waals surface area contributed by atoms with Gasteiger partial charge in [0.05, 0.1) is 5.69 Å². The fraction of sp³-hybridized carbons (Fsp3) is 0.471. The molecule has 114 valence electrons. The van der Waals surface area contributed by atoms with Gasteiger partial charge in [0.1, 0.15) is 12.4 Å². The predicted octanol–water partition coefficient (Wildman–Crippen LogP) is 3.56. The molecule has 0 aliphatic carbocycles. The van der Waals surface area contributed by atoms with E-state index >= 15 is 0 Å². The van der Waals surface area contributed by atoms with Crippen LogP contribution in [-0.2, 0) is 19.6 Å². The van der Waals surface area contributed by atoms with Gasteiger partial charge >= 0.3 is 0 Å². The Balaban J connectivity index is 1.79. The van der Waals surface area contributed by atoms with Crippen molar-refractivity contribution in [2.75, 3.05) is 6.54 Å². The van der Waals surface area contributed by atoms with Crippen LogP contribution < -0.4 is 10.1 Å². The minimum Gasteiger partial charge on any atom is -0.486 e. The first-order valence-electron chi connectivity index (χ1n) is 7.54. The van der Waals surface area contributed by atoms with Crippen molar-refractivity contribution in [2.24, 2.45) is 5.92 Å². The number of rotatable bonds is 8. The molecular formula is C17H24N2O2. The Labute approximate surface area is 126 Å². The largest absolute Gasteiger partial charge is 0.486 e. The molecule has 0 saturated heterocycles. The number of aromatic nitrogens is 1. The summed E-state index contributed by atoms with van der Waals surface area (Å²) in [5, 5.41) is 7.37. The van der Waals surface area contributed by atoms with Crippen LogP contribution in [0.3, 0.4) is 0 Å². The van der Waals surface area contributed by atoms with Gasteiger partial charge in [0.25, 0.3) is 0 Å². The van der Waals surface area contributed by atoms with E-state index in [1.807, 2.05) is 18.2 Å². The van der Waals surface area contributed by atoms with Crippen molar-refractivity contribution in [1.29, 1.82) is 0 Å². The molecule has 21 heavy (non-hydrogen) atoms. The van der Waals surface area contributed by atoms with Crippen LogP contribution in [0.1, 0.15) is 37.8 Å². The molecule has 2 rings (SSSR count). The average molecular weight is 288 g/mol. The molecule has 0 bridgehead atoms. The standard InChI is InChI=1S/C17H24N2O2/c1-4-14-5-7-16(8-6-14)20-12-17-9-15(19-21-17)11-18-10-13(2)3/h5-9,13,18H,4,10-12H2,1-3H3. The summed E-state index contributed by atoms with van der Waals surface area (Å²) in [6, 6.07) is 10.1. The van der Waals surface area contributed by atoms with Gasteiger partial charge in [-0.15, -0.1) is 0 Å². The summed E-state index contributed by atoms with van der Waals surface area (Å²) in [5.41, 5.74) is 2.22. The molecule has 4 heteroatoms. The maximum Gasteiger partial charge on any atom is 0.174 e. The van der Waals surface area contributed by atoms with Crippen molar-refractivity contribution < 1.29 is 9.26 Å². The van der Waals surface area contributed by atoms with Gasteiger partial charge in [-0.1, -0.05) is 38.1 Å². The molecule has 0 radical (unpaired) electrons. The molecule has 1 aromatic carbocycles. The Bertz CT molecular complexity index is 532. The fourth-order valence-electron chi connectivity index (χ4n) is 1.97. The van der Waals surface area contributed by atoms with Crippen LogP contribution in [-0.4, -0.2) is 11.7 Å². The van der Waals surface area contributed by atoms with E-state index in [2.05, 4.69) is 43.4 Å². The third-order valence-electron chi connectivity index (χ3n) is 3.18. The van der Waals surface area contributed by atoms with Gasteiger partial charge in [0, 0.05) is 12.6 Å². The van der Waals surface area contributed by atoms with Crippen molar-refractivity contribution in [1.82, 2.24) is 10.5 Å². The van der Waals surface area contributed by atoms with E-state index in [-0.39, 0.29) is 0 Å². The van der Waals surface area contributed by atoms with E-state index in [4.69, 9.17) is 9.26 Å². The van der Waals surface area contributed by atoms with E-state index in [0.717, 1.165) is 36.7 Å². The summed E-state index contributed by atoms with van der Waals surface area (Å²) in [5.74, 6) is 2.23. The lowest BCUT2D eigenvalue weighted by Crippen LogP contribution is -2.19. The van der Waals surface area contributed by atoms with Crippen molar-refractivity contribution in [2.45, 2.75) is 40.3 Å². The summed E-state index contributed by atoms with van der Waals surface area (Å²) in [4.78, 5) is 0. The molecule has 4 nitrogen and oxygen atoms in total. The van der Waals surface area contributed by atoms with Crippen LogP contribution in [0.5, 0.6) is 5.75 Å². The van der Waals surface area contributed by atoms with Crippen molar-refractivity contribution >= 4 is 0 Å². The van der Waals surface area contributed by atoms with Gasteiger partial charge < -0.3 is 14.6 Å². The van der Waals surface area contributed by atoms with E-state index in [9.17, 15) is 0 Å². The molecule has 0 atom stereocenters. The monoisotopic (exact) mass is 288 g/mol. The van der Waals surface area contributed by atoms with Gasteiger partial charge in [-0.2, -0.15) is 0 Å². The second-order valence-corrected chi connectivity index (χ2v) is 5.60. The summed E-state index contributed by atoms with van der Waals surface area (Å²) >= 11 is 0. The number of nitrogens with zero attached hydrogens (tertiary/aromatic N) is 1. The second-order valence-electron chi connectivity index (χ2n) is 5.60. The van der Waals surface area contributed by atoms with Gasteiger partial charge in [-0.3, -0.25) is 0 Å². The summed E-state index contributed by atoms with van der Waals surface area (Å²) in [7, 11) is 0. The number of nitrogens with one attached hydrogen (secondary N) is 1. The molecule has 1 aromatic heterocycles. The number of hydrogen-bond acceptors (Lipinski definition) is 4. The highest BCUT2D eigenvalue weighted by Crippen LogP contribution is 2.15. The lowest BCUT2D eigenvalue weighted by atomic mass is 10.2. The molecule has 0 aliphatic rings. The van der Waals surface area contributed by atoms with Crippen molar-refractivity contribution in [3.05, 3.63) is 47.3 Å². The quantitative estimate of drug-likeness (QED) is 0.807. The molecule has 0 unspecified atom stereocenters. The zero-order valence-corrected chi connectivity index (χ0v) is 13.1. The SMILES string of the molecule is CCc1ccc(OCc2cc(CNCC(C)C)no2)cc1. The normalized spacial score (nSPS) is 11.0. The summed E-state index contributed by atoms with van der Waals surface area (Å²) in [6.07, 6.45) is 1.04. The first-order valence-corrected chi connectivity index (χ1v) is 7.54. The molecule has 1 N–H and O–H groups in total. The zero-order chi connectivity index (χ0) is 15.1. The van der Waals surface area contributed by atoms with Gasteiger partial charge in [0.2, 0.25) is 0 Å². The third-order valence-corrected chi connectivity index (χ3v) is 3.18. The van der Waals surface area contributed by atoms with Crippen LogP contribution >= 0.6 is 0 Å². The third kappa shape index (κ3) is 5.23. The minimum atomic E-state index is 0.405. The summed E-state index contributed by atoms with van der Waals surface area (Å²) < 4.78 is 11.0. The van der Waals surface area contributed by atoms with Crippen LogP contribution in [0.25, 0.3) is 0 Å². The molecule has 0 spiro atoms. The molecule has 0 amide bonds. The average Bonchev–Trinajstić information content (AvgIpc) is 2.93. The first-order chi connectivity index (χ1) is 10.2. The van der Waals surface area contributed by atoms with Crippen LogP contribution in [0.15, 0.2) is 34.9 Å². The molecular weight excluding hydrogens is 264 g/mol. The van der Waals surface area contributed by atoms with E-state index in [1.54, 1.807) is 0 Å². The van der Waals surface area contributed by atoms with Crippen molar-refractivity contribution in [3.8, 4) is 5.75 Å². The maximum absolute atomic E-state index is 5.69. The van der Waals surface area contributed by atoms with E-state index in [0.29, 0.717) is 12.5 Å². The highest BCUT2D eigenvalue weighted by Gasteiger charge is 2.05. The van der Waals surface area contributed by atoms with Crippen LogP contribution in [0.4, 0.5) is 0 Å². The first kappa shape index (κ1) is 15.6. The van der Waals surface area contributed by atoms with Gasteiger partial charge in [-0.05, 0) is 36.6 Å². The molecule has 0 fully saturated rings. The smallest absolute Gasteiger partial charge is 0.174 e. The lowest BCUT2D eigenvalue weighted by Gasteiger charge is -2.04. The van der Waals surface area contributed by atoms with Crippen LogP contribution in [0, 0.1) is 5.92 Å². The topological polar surface area (TPSA) is 47.3 Å². The Hall–Kier alpha value is -1.81. The number of aryl methyl sites for hydroxylation is 1. The van der Waals surface area contributed by atoms with Gasteiger partial charge in [0.15, 0.2) is 5.76 Å². The van der Waals surface area contributed by atoms with E-state index < -0.39 is 0 Å². The molecule has 0 saturated carbocycles. The second kappa shape index (κ2) is 7.84. The maximum atomic E-state index is 5.69. The van der Waals surface area contributed by atoms with Crippen LogP contribution in [0.2, 0.25) is 0 Å². The Morgan fingerprint density at radius 2 is 2.00 bits per heavy atom. The highest BCUT2D eigenvalue weighted by molar-refractivity contribution is 5.27. The number of benzene rings is 1. The number of hydrogen-bond donors (Lipinski definition) is 1. The highest BCUT2D eigenvalue weighted by atomic mass is 16.5. The fourth-order valence-corrected chi connectivity index (χ4v) is 1.97. The molecule has 1 heterocycles. The number of ether oxygens (including phenoxy) is 1. The zero-order valence-electron chi connectivity index (χ0n) is 13.1.